The smallest absolute Gasteiger partial charge is 0.246 e. The first-order valence-electron chi connectivity index (χ1n) is 12.2. The lowest BCUT2D eigenvalue weighted by Crippen LogP contribution is -2.42. The van der Waals surface area contributed by atoms with Gasteiger partial charge in [-0.15, -0.1) is 0 Å². The van der Waals surface area contributed by atoms with Crippen LogP contribution in [0.5, 0.6) is 0 Å². The summed E-state index contributed by atoms with van der Waals surface area (Å²) in [6, 6.07) is 0.460. The van der Waals surface area contributed by atoms with Gasteiger partial charge in [0, 0.05) is 12.1 Å². The summed E-state index contributed by atoms with van der Waals surface area (Å²) in [6.07, 6.45) is 10.7. The first-order chi connectivity index (χ1) is 14.5. The topological polar surface area (TPSA) is 76.7 Å². The van der Waals surface area contributed by atoms with Crippen molar-refractivity contribution in [2.75, 3.05) is 26.4 Å². The van der Waals surface area contributed by atoms with Crippen molar-refractivity contribution in [2.45, 2.75) is 77.3 Å². The SMILES string of the molecule is C[C@H](NC(=O)COCCOCC(=O)N[C@H](C)[C@H]1C[C@H]2CC[C@H]1C2)[C@@H]1C[C@H]2CC[C@H]1C2. The third-order valence-electron chi connectivity index (χ3n) is 8.49. The number of hydrogen-bond donors (Lipinski definition) is 2. The summed E-state index contributed by atoms with van der Waals surface area (Å²) in [6.45, 7) is 5.02. The summed E-state index contributed by atoms with van der Waals surface area (Å²) in [7, 11) is 0. The van der Waals surface area contributed by atoms with E-state index >= 15 is 0 Å². The minimum atomic E-state index is -0.0531. The van der Waals surface area contributed by atoms with E-state index in [0.29, 0.717) is 25.0 Å². The molecule has 0 aromatic rings. The van der Waals surface area contributed by atoms with Gasteiger partial charge in [0.25, 0.3) is 0 Å². The molecule has 6 nitrogen and oxygen atoms in total. The molecular formula is C24H40N2O4. The maximum absolute atomic E-state index is 12.1. The Balaban J connectivity index is 1.01. The van der Waals surface area contributed by atoms with Crippen molar-refractivity contribution in [3.8, 4) is 0 Å². The van der Waals surface area contributed by atoms with E-state index in [1.54, 1.807) is 0 Å². The van der Waals surface area contributed by atoms with E-state index in [0.717, 1.165) is 23.7 Å². The normalized spacial score (nSPS) is 36.1. The van der Waals surface area contributed by atoms with Crippen LogP contribution in [0.1, 0.15) is 65.2 Å². The van der Waals surface area contributed by atoms with Gasteiger partial charge in [0.15, 0.2) is 0 Å². The predicted molar refractivity (Wildman–Crippen MR) is 115 cm³/mol. The molecule has 2 N–H and O–H groups in total. The van der Waals surface area contributed by atoms with Crippen LogP contribution in [0.3, 0.4) is 0 Å². The van der Waals surface area contributed by atoms with Gasteiger partial charge in [0.1, 0.15) is 13.2 Å². The van der Waals surface area contributed by atoms with Crippen LogP contribution in [0, 0.1) is 35.5 Å². The fraction of sp³-hybridized carbons (Fsp3) is 0.917. The third kappa shape index (κ3) is 5.37. The van der Waals surface area contributed by atoms with Crippen LogP contribution < -0.4 is 10.6 Å². The molecule has 4 bridgehead atoms. The van der Waals surface area contributed by atoms with E-state index in [1.807, 2.05) is 0 Å². The first-order valence-corrected chi connectivity index (χ1v) is 12.2. The summed E-state index contributed by atoms with van der Waals surface area (Å²) >= 11 is 0. The van der Waals surface area contributed by atoms with Crippen LogP contribution in [-0.4, -0.2) is 50.3 Å². The number of nitrogens with one attached hydrogen (secondary N) is 2. The molecular weight excluding hydrogens is 380 g/mol. The lowest BCUT2D eigenvalue weighted by atomic mass is 9.84. The summed E-state index contributed by atoms with van der Waals surface area (Å²) in [4.78, 5) is 24.2. The minimum absolute atomic E-state index is 0.0531. The predicted octanol–water partition coefficient (Wildman–Crippen LogP) is 2.90. The van der Waals surface area contributed by atoms with Gasteiger partial charge in [0.2, 0.25) is 11.8 Å². The van der Waals surface area contributed by atoms with E-state index in [1.165, 1.54) is 51.4 Å². The number of rotatable bonds is 11. The third-order valence-corrected chi connectivity index (χ3v) is 8.49. The van der Waals surface area contributed by atoms with Gasteiger partial charge >= 0.3 is 0 Å². The van der Waals surface area contributed by atoms with Gasteiger partial charge in [-0.2, -0.15) is 0 Å². The van der Waals surface area contributed by atoms with Crippen LogP contribution in [0.2, 0.25) is 0 Å². The molecule has 4 rings (SSSR count). The van der Waals surface area contributed by atoms with Crippen LogP contribution >= 0.6 is 0 Å². The van der Waals surface area contributed by atoms with Gasteiger partial charge in [-0.25, -0.2) is 0 Å². The molecule has 0 heterocycles. The van der Waals surface area contributed by atoms with Gasteiger partial charge < -0.3 is 20.1 Å². The highest BCUT2D eigenvalue weighted by atomic mass is 16.5. The molecule has 0 aromatic carbocycles. The Morgan fingerprint density at radius 1 is 0.733 bits per heavy atom. The molecule has 6 heteroatoms. The van der Waals surface area contributed by atoms with Crippen molar-refractivity contribution < 1.29 is 19.1 Å². The van der Waals surface area contributed by atoms with Gasteiger partial charge in [0.05, 0.1) is 13.2 Å². The average molecular weight is 421 g/mol. The molecule has 0 unspecified atom stereocenters. The number of carbonyl (C=O) groups excluding carboxylic acids is 2. The Kier molecular flexibility index (Phi) is 7.35. The Labute approximate surface area is 181 Å². The van der Waals surface area contributed by atoms with Gasteiger partial charge in [-0.1, -0.05) is 12.8 Å². The van der Waals surface area contributed by atoms with Crippen molar-refractivity contribution in [2.24, 2.45) is 35.5 Å². The van der Waals surface area contributed by atoms with Crippen molar-refractivity contribution in [1.29, 1.82) is 0 Å². The maximum atomic E-state index is 12.1. The molecule has 0 spiro atoms. The van der Waals surface area contributed by atoms with Crippen molar-refractivity contribution in [3.63, 3.8) is 0 Å². The summed E-state index contributed by atoms with van der Waals surface area (Å²) < 4.78 is 10.9. The van der Waals surface area contributed by atoms with Crippen molar-refractivity contribution >= 4 is 11.8 Å². The maximum Gasteiger partial charge on any atom is 0.246 e. The van der Waals surface area contributed by atoms with E-state index in [9.17, 15) is 9.59 Å². The van der Waals surface area contributed by atoms with Crippen molar-refractivity contribution in [3.05, 3.63) is 0 Å². The Bertz CT molecular complexity index is 560. The zero-order valence-electron chi connectivity index (χ0n) is 18.7. The molecule has 0 aliphatic heterocycles. The highest BCUT2D eigenvalue weighted by Crippen LogP contribution is 2.50. The molecule has 0 radical (unpaired) electrons. The number of hydrogen-bond acceptors (Lipinski definition) is 4. The molecule has 4 aliphatic rings. The number of ether oxygens (including phenoxy) is 2. The summed E-state index contributed by atoms with van der Waals surface area (Å²) in [5.41, 5.74) is 0. The standard InChI is InChI=1S/C24H40N2O4/c1-15(21-11-17-3-5-19(21)9-17)25-23(27)13-29-7-8-30-14-24(28)26-16(2)22-12-18-4-6-20(22)10-18/h15-22H,3-14H2,1-2H3,(H,25,27)(H,26,28)/t15-,16+,17-,18-,19-,20-,21-,22+/m0/s1. The second kappa shape index (κ2) is 9.99. The monoisotopic (exact) mass is 420 g/mol. The zero-order valence-corrected chi connectivity index (χ0v) is 18.7. The zero-order chi connectivity index (χ0) is 21.1. The molecule has 4 fully saturated rings. The molecule has 0 aromatic heterocycles. The molecule has 0 saturated heterocycles. The second-order valence-corrected chi connectivity index (χ2v) is 10.5. The summed E-state index contributed by atoms with van der Waals surface area (Å²) in [5, 5.41) is 6.21. The number of amides is 2. The highest BCUT2D eigenvalue weighted by molar-refractivity contribution is 5.77. The minimum Gasteiger partial charge on any atom is -0.369 e. The van der Waals surface area contributed by atoms with Gasteiger partial charge in [-0.05, 0) is 87.9 Å². The van der Waals surface area contributed by atoms with Crippen LogP contribution in [0.25, 0.3) is 0 Å². The van der Waals surface area contributed by atoms with E-state index < -0.39 is 0 Å². The van der Waals surface area contributed by atoms with E-state index in [-0.39, 0.29) is 37.1 Å². The average Bonchev–Trinajstić information content (AvgIpc) is 3.51. The molecule has 170 valence electrons. The number of carbonyl (C=O) groups is 2. The first kappa shape index (κ1) is 22.1. The summed E-state index contributed by atoms with van der Waals surface area (Å²) in [5.74, 6) is 4.55. The lowest BCUT2D eigenvalue weighted by Gasteiger charge is -2.28. The molecule has 2 amide bonds. The quantitative estimate of drug-likeness (QED) is 0.504. The Morgan fingerprint density at radius 2 is 1.17 bits per heavy atom. The van der Waals surface area contributed by atoms with Crippen LogP contribution in [-0.2, 0) is 19.1 Å². The highest BCUT2D eigenvalue weighted by Gasteiger charge is 2.43. The van der Waals surface area contributed by atoms with Crippen LogP contribution in [0.4, 0.5) is 0 Å². The fourth-order valence-corrected chi connectivity index (χ4v) is 7.07. The van der Waals surface area contributed by atoms with Crippen molar-refractivity contribution in [1.82, 2.24) is 10.6 Å². The van der Waals surface area contributed by atoms with Gasteiger partial charge in [-0.3, -0.25) is 9.59 Å². The molecule has 4 saturated carbocycles. The molecule has 4 aliphatic carbocycles. The fourth-order valence-electron chi connectivity index (χ4n) is 7.07. The Morgan fingerprint density at radius 3 is 1.50 bits per heavy atom. The van der Waals surface area contributed by atoms with E-state index in [2.05, 4.69) is 24.5 Å². The van der Waals surface area contributed by atoms with E-state index in [4.69, 9.17) is 9.47 Å². The largest absolute Gasteiger partial charge is 0.369 e. The molecule has 30 heavy (non-hydrogen) atoms. The lowest BCUT2D eigenvalue weighted by molar-refractivity contribution is -0.130. The number of fused-ring (bicyclic) bond motifs is 4. The Hall–Kier alpha value is -1.14. The second-order valence-electron chi connectivity index (χ2n) is 10.5. The molecule has 8 atom stereocenters. The van der Waals surface area contributed by atoms with Crippen LogP contribution in [0.15, 0.2) is 0 Å².